The number of nitrogens with zero attached hydrogens (tertiary/aromatic N) is 3. The zero-order valence-electron chi connectivity index (χ0n) is 18.1. The van der Waals surface area contributed by atoms with E-state index in [1.54, 1.807) is 0 Å². The molecule has 0 spiro atoms. The number of anilines is 1. The van der Waals surface area contributed by atoms with E-state index < -0.39 is 0 Å². The summed E-state index contributed by atoms with van der Waals surface area (Å²) >= 11 is 2.02. The van der Waals surface area contributed by atoms with E-state index in [0.717, 1.165) is 69.7 Å². The monoisotopic (exact) mass is 430 g/mol. The van der Waals surface area contributed by atoms with Gasteiger partial charge in [0.1, 0.15) is 0 Å². The third-order valence-electron chi connectivity index (χ3n) is 6.58. The molecule has 1 aromatic carbocycles. The molecule has 6 nitrogen and oxygen atoms in total. The highest BCUT2D eigenvalue weighted by atomic mass is 32.2. The Bertz CT molecular complexity index is 752. The number of hydrogen-bond acceptors (Lipinski definition) is 4. The molecule has 1 N–H and O–H groups in total. The molecule has 0 atom stereocenters. The molecule has 3 aliphatic rings. The Morgan fingerprint density at radius 2 is 1.67 bits per heavy atom. The third kappa shape index (κ3) is 5.30. The van der Waals surface area contributed by atoms with Crippen molar-refractivity contribution in [1.82, 2.24) is 14.7 Å². The zero-order valence-corrected chi connectivity index (χ0v) is 18.9. The van der Waals surface area contributed by atoms with Crippen LogP contribution in [0.5, 0.6) is 0 Å². The number of thioether (sulfide) groups is 1. The van der Waals surface area contributed by atoms with Gasteiger partial charge in [0.2, 0.25) is 5.91 Å². The second-order valence-electron chi connectivity index (χ2n) is 8.77. The molecule has 3 saturated heterocycles. The molecule has 0 radical (unpaired) electrons. The topological polar surface area (TPSA) is 55.9 Å². The van der Waals surface area contributed by atoms with Gasteiger partial charge in [-0.15, -0.1) is 0 Å². The molecular formula is C23H34N4O2S. The van der Waals surface area contributed by atoms with E-state index in [-0.39, 0.29) is 17.9 Å². The Kier molecular flexibility index (Phi) is 7.20. The van der Waals surface area contributed by atoms with Crippen LogP contribution in [0.4, 0.5) is 10.5 Å². The molecule has 4 rings (SSSR count). The standard InChI is InChI=1S/C23H34N4O2S/c1-18-4-5-19(17-25-12-14-30-15-13-25)16-21(18)24-22(28)20-6-10-27(11-7-20)23(29)26-8-2-3-9-26/h4-5,16,20H,2-3,6-15,17H2,1H3,(H,24,28). The van der Waals surface area contributed by atoms with Crippen molar-refractivity contribution in [2.75, 3.05) is 56.1 Å². The number of amides is 3. The number of hydrogen-bond donors (Lipinski definition) is 1. The Morgan fingerprint density at radius 3 is 2.37 bits per heavy atom. The molecule has 0 unspecified atom stereocenters. The van der Waals surface area contributed by atoms with Gasteiger partial charge in [0, 0.05) is 68.9 Å². The van der Waals surface area contributed by atoms with Crippen LogP contribution < -0.4 is 5.32 Å². The lowest BCUT2D eigenvalue weighted by Gasteiger charge is -2.34. The van der Waals surface area contributed by atoms with Crippen molar-refractivity contribution in [3.63, 3.8) is 0 Å². The number of benzene rings is 1. The van der Waals surface area contributed by atoms with Crippen molar-refractivity contribution in [1.29, 1.82) is 0 Å². The van der Waals surface area contributed by atoms with Crippen LogP contribution >= 0.6 is 11.8 Å². The Balaban J connectivity index is 1.30. The predicted molar refractivity (Wildman–Crippen MR) is 123 cm³/mol. The van der Waals surface area contributed by atoms with E-state index in [9.17, 15) is 9.59 Å². The lowest BCUT2D eigenvalue weighted by molar-refractivity contribution is -0.121. The summed E-state index contributed by atoms with van der Waals surface area (Å²) in [7, 11) is 0. The molecule has 3 amide bonds. The lowest BCUT2D eigenvalue weighted by atomic mass is 9.95. The summed E-state index contributed by atoms with van der Waals surface area (Å²) in [6, 6.07) is 6.59. The number of piperidine rings is 1. The second-order valence-corrected chi connectivity index (χ2v) is 9.99. The molecule has 1 aromatic rings. The fourth-order valence-corrected chi connectivity index (χ4v) is 5.57. The van der Waals surface area contributed by atoms with Crippen molar-refractivity contribution in [2.45, 2.75) is 39.2 Å². The number of nitrogens with one attached hydrogen (secondary N) is 1. The maximum absolute atomic E-state index is 12.9. The van der Waals surface area contributed by atoms with Crippen molar-refractivity contribution < 1.29 is 9.59 Å². The molecule has 3 aliphatic heterocycles. The van der Waals surface area contributed by atoms with Crippen LogP contribution in [0, 0.1) is 12.8 Å². The summed E-state index contributed by atoms with van der Waals surface area (Å²) in [6.07, 6.45) is 3.71. The Hall–Kier alpha value is -1.73. The Labute approximate surface area is 184 Å². The highest BCUT2D eigenvalue weighted by molar-refractivity contribution is 7.99. The minimum Gasteiger partial charge on any atom is -0.326 e. The van der Waals surface area contributed by atoms with Gasteiger partial charge in [0.05, 0.1) is 0 Å². The minimum atomic E-state index is -0.0187. The number of carbonyl (C=O) groups is 2. The molecule has 164 valence electrons. The van der Waals surface area contributed by atoms with Crippen LogP contribution in [0.3, 0.4) is 0 Å². The minimum absolute atomic E-state index is 0.0187. The first-order valence-electron chi connectivity index (χ1n) is 11.3. The highest BCUT2D eigenvalue weighted by Gasteiger charge is 2.30. The number of aryl methyl sites for hydroxylation is 1. The van der Waals surface area contributed by atoms with Crippen LogP contribution in [0.2, 0.25) is 0 Å². The van der Waals surface area contributed by atoms with Crippen LogP contribution in [0.1, 0.15) is 36.8 Å². The normalized spacial score (nSPS) is 21.1. The smallest absolute Gasteiger partial charge is 0.319 e. The number of rotatable bonds is 4. The summed E-state index contributed by atoms with van der Waals surface area (Å²) in [5.74, 6) is 2.48. The van der Waals surface area contributed by atoms with Gasteiger partial charge in [0.15, 0.2) is 0 Å². The average Bonchev–Trinajstić information content (AvgIpc) is 3.31. The van der Waals surface area contributed by atoms with Gasteiger partial charge in [0.25, 0.3) is 0 Å². The largest absolute Gasteiger partial charge is 0.326 e. The number of likely N-dealkylation sites (tertiary alicyclic amines) is 2. The van der Waals surface area contributed by atoms with Gasteiger partial charge in [-0.05, 0) is 49.8 Å². The van der Waals surface area contributed by atoms with Gasteiger partial charge in [-0.2, -0.15) is 11.8 Å². The van der Waals surface area contributed by atoms with Crippen molar-refractivity contribution >= 4 is 29.4 Å². The second kappa shape index (κ2) is 10.1. The van der Waals surface area contributed by atoms with Gasteiger partial charge in [-0.25, -0.2) is 4.79 Å². The van der Waals surface area contributed by atoms with E-state index in [2.05, 4.69) is 28.4 Å². The quantitative estimate of drug-likeness (QED) is 0.795. The fraction of sp³-hybridized carbons (Fsp3) is 0.652. The summed E-state index contributed by atoms with van der Waals surface area (Å²) in [6.45, 7) is 8.38. The van der Waals surface area contributed by atoms with Gasteiger partial charge in [-0.3, -0.25) is 9.69 Å². The zero-order chi connectivity index (χ0) is 20.9. The van der Waals surface area contributed by atoms with Crippen molar-refractivity contribution in [3.8, 4) is 0 Å². The average molecular weight is 431 g/mol. The first-order valence-corrected chi connectivity index (χ1v) is 12.5. The molecule has 7 heteroatoms. The predicted octanol–water partition coefficient (Wildman–Crippen LogP) is 3.41. The maximum atomic E-state index is 12.9. The fourth-order valence-electron chi connectivity index (χ4n) is 4.60. The summed E-state index contributed by atoms with van der Waals surface area (Å²) in [5.41, 5.74) is 3.29. The summed E-state index contributed by atoms with van der Waals surface area (Å²) < 4.78 is 0. The van der Waals surface area contributed by atoms with Crippen molar-refractivity contribution in [2.24, 2.45) is 5.92 Å². The van der Waals surface area contributed by atoms with Gasteiger partial charge >= 0.3 is 6.03 Å². The molecule has 3 heterocycles. The third-order valence-corrected chi connectivity index (χ3v) is 7.53. The van der Waals surface area contributed by atoms with Crippen LogP contribution in [0.15, 0.2) is 18.2 Å². The molecular weight excluding hydrogens is 396 g/mol. The number of carbonyl (C=O) groups excluding carboxylic acids is 2. The lowest BCUT2D eigenvalue weighted by Crippen LogP contribution is -2.47. The molecule has 0 saturated carbocycles. The maximum Gasteiger partial charge on any atom is 0.319 e. The Morgan fingerprint density at radius 1 is 1.00 bits per heavy atom. The summed E-state index contributed by atoms with van der Waals surface area (Å²) in [4.78, 5) is 31.8. The molecule has 0 bridgehead atoms. The molecule has 3 fully saturated rings. The highest BCUT2D eigenvalue weighted by Crippen LogP contribution is 2.24. The summed E-state index contributed by atoms with van der Waals surface area (Å²) in [5, 5.41) is 3.18. The van der Waals surface area contributed by atoms with E-state index in [1.165, 1.54) is 17.1 Å². The number of urea groups is 1. The van der Waals surface area contributed by atoms with Crippen LogP contribution in [-0.2, 0) is 11.3 Å². The van der Waals surface area contributed by atoms with Crippen LogP contribution in [-0.4, -0.2) is 77.4 Å². The van der Waals surface area contributed by atoms with E-state index in [4.69, 9.17) is 0 Å². The van der Waals surface area contributed by atoms with E-state index in [1.807, 2.05) is 28.5 Å². The molecule has 0 aromatic heterocycles. The molecule has 0 aliphatic carbocycles. The van der Waals surface area contributed by atoms with E-state index in [0.29, 0.717) is 13.1 Å². The first kappa shape index (κ1) is 21.5. The van der Waals surface area contributed by atoms with Crippen LogP contribution in [0.25, 0.3) is 0 Å². The van der Waals surface area contributed by atoms with E-state index >= 15 is 0 Å². The first-order chi connectivity index (χ1) is 14.6. The molecule has 30 heavy (non-hydrogen) atoms. The van der Waals surface area contributed by atoms with Gasteiger partial charge in [-0.1, -0.05) is 12.1 Å². The SMILES string of the molecule is Cc1ccc(CN2CCSCC2)cc1NC(=O)C1CCN(C(=O)N2CCCC2)CC1. The van der Waals surface area contributed by atoms with Crippen molar-refractivity contribution in [3.05, 3.63) is 29.3 Å². The van der Waals surface area contributed by atoms with Gasteiger partial charge < -0.3 is 15.1 Å².